The fourth-order valence-corrected chi connectivity index (χ4v) is 2.46. The van der Waals surface area contributed by atoms with Crippen molar-refractivity contribution in [3.05, 3.63) is 30.0 Å². The van der Waals surface area contributed by atoms with Crippen LogP contribution in [0.4, 0.5) is 0 Å². The number of carboxylic acid groups (broad SMARTS) is 1. The highest BCUT2D eigenvalue weighted by Crippen LogP contribution is 2.37. The number of ether oxygens (including phenoxy) is 1. The van der Waals surface area contributed by atoms with E-state index in [0.29, 0.717) is 0 Å². The number of carboxylic acids is 1. The molecule has 20 heavy (non-hydrogen) atoms. The summed E-state index contributed by atoms with van der Waals surface area (Å²) in [5.41, 5.74) is 0.826. The van der Waals surface area contributed by atoms with Gasteiger partial charge in [0, 0.05) is 17.6 Å². The lowest BCUT2D eigenvalue weighted by Gasteiger charge is -2.18. The molecule has 1 heterocycles. The van der Waals surface area contributed by atoms with E-state index in [0.717, 1.165) is 22.2 Å². The Kier molecular flexibility index (Phi) is 3.50. The molecule has 0 fully saturated rings. The van der Waals surface area contributed by atoms with Crippen LogP contribution in [0.5, 0.6) is 5.75 Å². The molecule has 2 aromatic rings. The van der Waals surface area contributed by atoms with Crippen LogP contribution in [0.1, 0.15) is 39.3 Å². The largest absolute Gasteiger partial charge is 0.495 e. The van der Waals surface area contributed by atoms with E-state index in [4.69, 9.17) is 4.74 Å². The summed E-state index contributed by atoms with van der Waals surface area (Å²) in [6.45, 7) is 7.61. The van der Waals surface area contributed by atoms with Crippen LogP contribution in [0.15, 0.2) is 24.4 Å². The van der Waals surface area contributed by atoms with Crippen molar-refractivity contribution < 1.29 is 14.6 Å². The Morgan fingerprint density at radius 3 is 2.50 bits per heavy atom. The third-order valence-electron chi connectivity index (χ3n) is 3.80. The summed E-state index contributed by atoms with van der Waals surface area (Å²) < 4.78 is 7.51. The van der Waals surface area contributed by atoms with Crippen molar-refractivity contribution >= 4 is 16.9 Å². The van der Waals surface area contributed by atoms with Gasteiger partial charge in [-0.25, -0.2) is 0 Å². The van der Waals surface area contributed by atoms with E-state index in [9.17, 15) is 9.90 Å². The molecule has 1 aromatic heterocycles. The highest BCUT2D eigenvalue weighted by atomic mass is 16.5. The summed E-state index contributed by atoms with van der Waals surface area (Å²) in [4.78, 5) is 11.6. The van der Waals surface area contributed by atoms with Gasteiger partial charge in [0.15, 0.2) is 0 Å². The molecule has 1 N–H and O–H groups in total. The molecule has 4 nitrogen and oxygen atoms in total. The molecule has 108 valence electrons. The van der Waals surface area contributed by atoms with E-state index in [1.807, 2.05) is 24.4 Å². The zero-order valence-electron chi connectivity index (χ0n) is 12.6. The minimum Gasteiger partial charge on any atom is -0.495 e. The van der Waals surface area contributed by atoms with Gasteiger partial charge in [0.25, 0.3) is 0 Å². The number of para-hydroxylation sites is 1. The second kappa shape index (κ2) is 4.85. The third-order valence-corrected chi connectivity index (χ3v) is 3.80. The predicted molar refractivity (Wildman–Crippen MR) is 79.5 cm³/mol. The topological polar surface area (TPSA) is 51.5 Å². The SMILES string of the molecule is COc1cccc2c(C(C)(C)C(=O)O)cn(C(C)C)c12. The van der Waals surface area contributed by atoms with Crippen molar-refractivity contribution in [2.45, 2.75) is 39.2 Å². The number of aromatic nitrogens is 1. The Bertz CT molecular complexity index is 653. The van der Waals surface area contributed by atoms with Gasteiger partial charge in [0.1, 0.15) is 5.75 Å². The van der Waals surface area contributed by atoms with E-state index in [2.05, 4.69) is 18.4 Å². The normalized spacial score (nSPS) is 12.1. The van der Waals surface area contributed by atoms with E-state index in [-0.39, 0.29) is 6.04 Å². The fourth-order valence-electron chi connectivity index (χ4n) is 2.46. The molecule has 4 heteroatoms. The first-order chi connectivity index (χ1) is 9.30. The lowest BCUT2D eigenvalue weighted by atomic mass is 9.84. The molecule has 0 unspecified atom stereocenters. The van der Waals surface area contributed by atoms with Crippen LogP contribution in [0.2, 0.25) is 0 Å². The minimum absolute atomic E-state index is 0.229. The highest BCUT2D eigenvalue weighted by molar-refractivity contribution is 5.95. The fraction of sp³-hybridized carbons (Fsp3) is 0.438. The number of benzene rings is 1. The van der Waals surface area contributed by atoms with Crippen molar-refractivity contribution in [1.82, 2.24) is 4.57 Å². The Balaban J connectivity index is 2.85. The van der Waals surface area contributed by atoms with Gasteiger partial charge < -0.3 is 14.4 Å². The zero-order valence-corrected chi connectivity index (χ0v) is 12.6. The molecular formula is C16H21NO3. The first kappa shape index (κ1) is 14.4. The van der Waals surface area contributed by atoms with E-state index >= 15 is 0 Å². The molecule has 0 saturated carbocycles. The monoisotopic (exact) mass is 275 g/mol. The van der Waals surface area contributed by atoms with Gasteiger partial charge in [-0.15, -0.1) is 0 Å². The molecule has 0 aliphatic heterocycles. The van der Waals surface area contributed by atoms with Gasteiger partial charge in [-0.1, -0.05) is 12.1 Å². The molecule has 0 aliphatic rings. The molecular weight excluding hydrogens is 254 g/mol. The average Bonchev–Trinajstić information content (AvgIpc) is 2.78. The smallest absolute Gasteiger partial charge is 0.313 e. The van der Waals surface area contributed by atoms with Crippen LogP contribution >= 0.6 is 0 Å². The van der Waals surface area contributed by atoms with Crippen LogP contribution in [0, 0.1) is 0 Å². The summed E-state index contributed by atoms with van der Waals surface area (Å²) in [6, 6.07) is 5.98. The lowest BCUT2D eigenvalue weighted by molar-refractivity contribution is -0.142. The summed E-state index contributed by atoms with van der Waals surface area (Å²) >= 11 is 0. The van der Waals surface area contributed by atoms with Crippen LogP contribution < -0.4 is 4.74 Å². The van der Waals surface area contributed by atoms with Crippen molar-refractivity contribution in [3.8, 4) is 5.75 Å². The first-order valence-corrected chi connectivity index (χ1v) is 6.72. The standard InChI is InChI=1S/C16H21NO3/c1-10(2)17-9-12(16(3,4)15(18)19)11-7-6-8-13(20-5)14(11)17/h6-10H,1-5H3,(H,18,19). The van der Waals surface area contributed by atoms with Gasteiger partial charge in [-0.05, 0) is 39.3 Å². The number of carbonyl (C=O) groups is 1. The van der Waals surface area contributed by atoms with Gasteiger partial charge in [0.2, 0.25) is 0 Å². The Hall–Kier alpha value is -1.97. The van der Waals surface area contributed by atoms with Crippen LogP contribution in [0.3, 0.4) is 0 Å². The Morgan fingerprint density at radius 1 is 1.35 bits per heavy atom. The maximum absolute atomic E-state index is 11.6. The molecule has 0 atom stereocenters. The van der Waals surface area contributed by atoms with Gasteiger partial charge >= 0.3 is 5.97 Å². The third kappa shape index (κ3) is 2.05. The molecule has 0 spiro atoms. The van der Waals surface area contributed by atoms with Gasteiger partial charge in [0.05, 0.1) is 18.0 Å². The van der Waals surface area contributed by atoms with E-state index in [1.165, 1.54) is 0 Å². The lowest BCUT2D eigenvalue weighted by Crippen LogP contribution is -2.28. The molecule has 0 radical (unpaired) electrons. The number of methoxy groups -OCH3 is 1. The average molecular weight is 275 g/mol. The summed E-state index contributed by atoms with van der Waals surface area (Å²) in [7, 11) is 1.63. The van der Waals surface area contributed by atoms with E-state index in [1.54, 1.807) is 21.0 Å². The number of hydrogen-bond donors (Lipinski definition) is 1. The molecule has 0 aliphatic carbocycles. The van der Waals surface area contributed by atoms with Crippen molar-refractivity contribution in [1.29, 1.82) is 0 Å². The maximum Gasteiger partial charge on any atom is 0.313 e. The minimum atomic E-state index is -0.940. The van der Waals surface area contributed by atoms with Crippen LogP contribution in [0.25, 0.3) is 10.9 Å². The van der Waals surface area contributed by atoms with Crippen molar-refractivity contribution in [2.24, 2.45) is 0 Å². The van der Waals surface area contributed by atoms with E-state index < -0.39 is 11.4 Å². The van der Waals surface area contributed by atoms with Gasteiger partial charge in [-0.3, -0.25) is 4.79 Å². The number of rotatable bonds is 4. The quantitative estimate of drug-likeness (QED) is 0.927. The Morgan fingerprint density at radius 2 is 2.00 bits per heavy atom. The van der Waals surface area contributed by atoms with Crippen molar-refractivity contribution in [2.75, 3.05) is 7.11 Å². The first-order valence-electron chi connectivity index (χ1n) is 6.72. The molecule has 1 aromatic carbocycles. The van der Waals surface area contributed by atoms with Gasteiger partial charge in [-0.2, -0.15) is 0 Å². The second-order valence-electron chi connectivity index (χ2n) is 5.83. The number of hydrogen-bond acceptors (Lipinski definition) is 2. The summed E-state index contributed by atoms with van der Waals surface area (Å²) in [6.07, 6.45) is 1.94. The molecule has 0 saturated heterocycles. The summed E-state index contributed by atoms with van der Waals surface area (Å²) in [5, 5.41) is 10.4. The van der Waals surface area contributed by atoms with Crippen molar-refractivity contribution in [3.63, 3.8) is 0 Å². The second-order valence-corrected chi connectivity index (χ2v) is 5.83. The molecule has 2 rings (SSSR count). The Labute approximate surface area is 119 Å². The van der Waals surface area contributed by atoms with Crippen LogP contribution in [-0.4, -0.2) is 22.8 Å². The number of fused-ring (bicyclic) bond motifs is 1. The highest BCUT2D eigenvalue weighted by Gasteiger charge is 2.33. The van der Waals surface area contributed by atoms with Crippen LogP contribution in [-0.2, 0) is 10.2 Å². The predicted octanol–water partition coefficient (Wildman–Crippen LogP) is 3.59. The number of nitrogens with zero attached hydrogens (tertiary/aromatic N) is 1. The summed E-state index contributed by atoms with van der Waals surface area (Å²) in [5.74, 6) is -0.0632. The molecule has 0 bridgehead atoms. The molecule has 0 amide bonds. The maximum atomic E-state index is 11.6. The zero-order chi connectivity index (χ0) is 15.1. The number of aliphatic carboxylic acids is 1.